The van der Waals surface area contributed by atoms with Gasteiger partial charge in [0.05, 0.1) is 16.4 Å². The Hall–Kier alpha value is -1.99. The number of hydrogen-bond acceptors (Lipinski definition) is 6. The highest BCUT2D eigenvalue weighted by atomic mass is 32.2. The third kappa shape index (κ3) is 4.99. The van der Waals surface area contributed by atoms with Crippen LogP contribution < -0.4 is 0 Å². The molecule has 5 nitrogen and oxygen atoms in total. The Morgan fingerprint density at radius 3 is 2.60 bits per heavy atom. The number of aromatic nitrogens is 2. The van der Waals surface area contributed by atoms with Gasteiger partial charge in [-0.15, -0.1) is 11.3 Å². The minimum Gasteiger partial charge on any atom is -0.339 e. The predicted molar refractivity (Wildman–Crippen MR) is 99.3 cm³/mol. The third-order valence-electron chi connectivity index (χ3n) is 3.72. The first-order chi connectivity index (χ1) is 11.9. The minimum absolute atomic E-state index is 0.0692. The molecule has 3 aromatic rings. The molecule has 132 valence electrons. The second-order valence-corrected chi connectivity index (χ2v) is 9.31. The largest absolute Gasteiger partial charge is 0.339 e. The number of hydrogen-bond donors (Lipinski definition) is 0. The fraction of sp³-hybridized carbons (Fsp3) is 0.333. The maximum absolute atomic E-state index is 12.3. The molecule has 0 radical (unpaired) electrons. The van der Waals surface area contributed by atoms with Crippen molar-refractivity contribution >= 4 is 21.2 Å². The summed E-state index contributed by atoms with van der Waals surface area (Å²) in [4.78, 5) is 5.26. The van der Waals surface area contributed by atoms with Crippen LogP contribution in [0.3, 0.4) is 0 Å². The fourth-order valence-corrected chi connectivity index (χ4v) is 4.84. The first-order valence-corrected chi connectivity index (χ1v) is 10.8. The van der Waals surface area contributed by atoms with Crippen LogP contribution in [-0.2, 0) is 22.0 Å². The summed E-state index contributed by atoms with van der Waals surface area (Å²) < 4.78 is 29.9. The van der Waals surface area contributed by atoms with Crippen LogP contribution in [0, 0.1) is 13.8 Å². The van der Waals surface area contributed by atoms with Crippen molar-refractivity contribution in [2.24, 2.45) is 0 Å². The van der Waals surface area contributed by atoms with E-state index >= 15 is 0 Å². The lowest BCUT2D eigenvalue weighted by atomic mass is 10.1. The second kappa shape index (κ2) is 7.49. The zero-order valence-corrected chi connectivity index (χ0v) is 15.9. The van der Waals surface area contributed by atoms with E-state index in [1.54, 1.807) is 11.3 Å². The Balaban J connectivity index is 1.55. The average Bonchev–Trinajstić information content (AvgIpc) is 3.15. The van der Waals surface area contributed by atoms with E-state index in [9.17, 15) is 8.42 Å². The van der Waals surface area contributed by atoms with Gasteiger partial charge >= 0.3 is 0 Å². The van der Waals surface area contributed by atoms with E-state index in [2.05, 4.69) is 10.1 Å². The lowest BCUT2D eigenvalue weighted by Gasteiger charge is -2.06. The standard InChI is InChI=1S/C18H20N2O3S2/c1-13-9-14(2)11-15(10-13)12-25(21,22)8-4-6-17-19-18(20-23-17)16-5-3-7-24-16/h3,5,7,9-11H,4,6,8,12H2,1-2H3. The van der Waals surface area contributed by atoms with Gasteiger partial charge in [-0.1, -0.05) is 40.5 Å². The van der Waals surface area contributed by atoms with E-state index in [-0.39, 0.29) is 11.5 Å². The summed E-state index contributed by atoms with van der Waals surface area (Å²) >= 11 is 1.54. The zero-order chi connectivity index (χ0) is 17.9. The van der Waals surface area contributed by atoms with Crippen LogP contribution in [0.15, 0.2) is 40.2 Å². The fourth-order valence-electron chi connectivity index (χ4n) is 2.78. The zero-order valence-electron chi connectivity index (χ0n) is 14.2. The number of thiophene rings is 1. The van der Waals surface area contributed by atoms with Crippen LogP contribution in [0.2, 0.25) is 0 Å². The molecule has 0 saturated heterocycles. The Kier molecular flexibility index (Phi) is 5.34. The molecule has 0 aliphatic heterocycles. The molecule has 25 heavy (non-hydrogen) atoms. The van der Waals surface area contributed by atoms with E-state index < -0.39 is 9.84 Å². The Morgan fingerprint density at radius 2 is 1.92 bits per heavy atom. The number of nitrogens with zero attached hydrogens (tertiary/aromatic N) is 2. The van der Waals surface area contributed by atoms with E-state index in [1.165, 1.54) is 0 Å². The topological polar surface area (TPSA) is 73.1 Å². The van der Waals surface area contributed by atoms with Crippen LogP contribution in [0.5, 0.6) is 0 Å². The van der Waals surface area contributed by atoms with Gasteiger partial charge in [-0.05, 0) is 37.3 Å². The molecular weight excluding hydrogens is 356 g/mol. The monoisotopic (exact) mass is 376 g/mol. The number of rotatable bonds is 7. The minimum atomic E-state index is -3.16. The molecule has 0 aliphatic carbocycles. The van der Waals surface area contributed by atoms with Crippen molar-refractivity contribution in [2.45, 2.75) is 32.4 Å². The van der Waals surface area contributed by atoms with Gasteiger partial charge in [0, 0.05) is 6.42 Å². The Morgan fingerprint density at radius 1 is 1.16 bits per heavy atom. The molecule has 7 heteroatoms. The summed E-state index contributed by atoms with van der Waals surface area (Å²) in [6, 6.07) is 9.74. The summed E-state index contributed by atoms with van der Waals surface area (Å²) in [5, 5.41) is 5.89. The molecule has 0 saturated carbocycles. The summed E-state index contributed by atoms with van der Waals surface area (Å²) in [7, 11) is -3.16. The van der Waals surface area contributed by atoms with Gasteiger partial charge in [0.1, 0.15) is 0 Å². The lowest BCUT2D eigenvalue weighted by Crippen LogP contribution is -2.10. The van der Waals surface area contributed by atoms with Gasteiger partial charge in [-0.25, -0.2) is 8.42 Å². The summed E-state index contributed by atoms with van der Waals surface area (Å²) in [6.07, 6.45) is 0.934. The highest BCUT2D eigenvalue weighted by Gasteiger charge is 2.15. The SMILES string of the molecule is Cc1cc(C)cc(CS(=O)(=O)CCCc2nc(-c3cccs3)no2)c1. The van der Waals surface area contributed by atoms with Gasteiger partial charge in [-0.2, -0.15) is 4.98 Å². The molecule has 2 heterocycles. The van der Waals surface area contributed by atoms with Crippen LogP contribution in [-0.4, -0.2) is 24.3 Å². The van der Waals surface area contributed by atoms with Gasteiger partial charge in [0.25, 0.3) is 0 Å². The first kappa shape index (κ1) is 17.8. The molecule has 0 unspecified atom stereocenters. The molecule has 3 rings (SSSR count). The molecule has 0 atom stereocenters. The van der Waals surface area contributed by atoms with Crippen molar-refractivity contribution in [1.82, 2.24) is 10.1 Å². The van der Waals surface area contributed by atoms with Crippen LogP contribution in [0.4, 0.5) is 0 Å². The summed E-state index contributed by atoms with van der Waals surface area (Å²) in [6.45, 7) is 3.95. The smallest absolute Gasteiger partial charge is 0.227 e. The van der Waals surface area contributed by atoms with Crippen molar-refractivity contribution in [2.75, 3.05) is 5.75 Å². The summed E-state index contributed by atoms with van der Waals surface area (Å²) in [5.74, 6) is 1.21. The number of sulfone groups is 1. The van der Waals surface area contributed by atoms with Crippen LogP contribution >= 0.6 is 11.3 Å². The molecule has 0 N–H and O–H groups in total. The van der Waals surface area contributed by atoms with Crippen molar-refractivity contribution in [3.8, 4) is 10.7 Å². The molecule has 0 spiro atoms. The van der Waals surface area contributed by atoms with E-state index in [0.29, 0.717) is 24.6 Å². The summed E-state index contributed by atoms with van der Waals surface area (Å²) in [5.41, 5.74) is 3.00. The quantitative estimate of drug-likeness (QED) is 0.624. The van der Waals surface area contributed by atoms with Gasteiger partial charge < -0.3 is 4.52 Å². The van der Waals surface area contributed by atoms with Gasteiger partial charge in [-0.3, -0.25) is 0 Å². The number of benzene rings is 1. The third-order valence-corrected chi connectivity index (χ3v) is 6.27. The van der Waals surface area contributed by atoms with Crippen LogP contribution in [0.1, 0.15) is 29.0 Å². The second-order valence-electron chi connectivity index (χ2n) is 6.18. The first-order valence-electron chi connectivity index (χ1n) is 8.05. The highest BCUT2D eigenvalue weighted by molar-refractivity contribution is 7.90. The molecule has 2 aromatic heterocycles. The van der Waals surface area contributed by atoms with Crippen molar-refractivity contribution in [1.29, 1.82) is 0 Å². The van der Waals surface area contributed by atoms with E-state index in [0.717, 1.165) is 21.6 Å². The Bertz CT molecular complexity index is 924. The normalized spacial score (nSPS) is 11.8. The average molecular weight is 377 g/mol. The molecule has 0 aliphatic rings. The van der Waals surface area contributed by atoms with Crippen molar-refractivity contribution in [3.05, 3.63) is 58.3 Å². The van der Waals surface area contributed by atoms with E-state index in [4.69, 9.17) is 4.52 Å². The lowest BCUT2D eigenvalue weighted by molar-refractivity contribution is 0.378. The maximum Gasteiger partial charge on any atom is 0.227 e. The van der Waals surface area contributed by atoms with Crippen molar-refractivity contribution in [3.63, 3.8) is 0 Å². The molecule has 0 fully saturated rings. The Labute approximate surface area is 151 Å². The highest BCUT2D eigenvalue weighted by Crippen LogP contribution is 2.21. The molecule has 0 bridgehead atoms. The molecule has 1 aromatic carbocycles. The van der Waals surface area contributed by atoms with Crippen LogP contribution in [0.25, 0.3) is 10.7 Å². The molecular formula is C18H20N2O3S2. The maximum atomic E-state index is 12.3. The van der Waals surface area contributed by atoms with Crippen molar-refractivity contribution < 1.29 is 12.9 Å². The number of aryl methyl sites for hydroxylation is 3. The van der Waals surface area contributed by atoms with E-state index in [1.807, 2.05) is 49.6 Å². The molecule has 0 amide bonds. The predicted octanol–water partition coefficient (Wildman–Crippen LogP) is 3.96. The van der Waals surface area contributed by atoms with Gasteiger partial charge in [0.2, 0.25) is 11.7 Å². The van der Waals surface area contributed by atoms with Gasteiger partial charge in [0.15, 0.2) is 9.84 Å².